The number of esters is 1. The molecule has 0 aliphatic rings. The number of carbonyl (C=O) groups excluding carboxylic acids is 2. The van der Waals surface area contributed by atoms with Crippen LogP contribution in [0.15, 0.2) is 46.7 Å². The number of nitrogens with one attached hydrogen (secondary N) is 1. The minimum absolute atomic E-state index is 0.0398. The minimum Gasteiger partial charge on any atom is -0.455 e. The maximum atomic E-state index is 11.6. The molecular formula is C16H18N2O5S2. The van der Waals surface area contributed by atoms with Crippen LogP contribution < -0.4 is 10.5 Å². The van der Waals surface area contributed by atoms with Crippen molar-refractivity contribution in [1.29, 1.82) is 0 Å². The van der Waals surface area contributed by atoms with E-state index in [1.54, 1.807) is 12.1 Å². The Labute approximate surface area is 149 Å². The minimum atomic E-state index is -3.71. The number of sulfonamides is 1. The molecule has 9 heteroatoms. The van der Waals surface area contributed by atoms with Gasteiger partial charge in [0.05, 0.1) is 11.3 Å². The largest absolute Gasteiger partial charge is 0.455 e. The van der Waals surface area contributed by atoms with E-state index in [9.17, 15) is 18.0 Å². The first-order valence-corrected chi connectivity index (χ1v) is 9.83. The van der Waals surface area contributed by atoms with E-state index in [4.69, 9.17) is 9.88 Å². The zero-order valence-corrected chi connectivity index (χ0v) is 14.9. The molecule has 0 bridgehead atoms. The molecule has 3 N–H and O–H groups in total. The zero-order valence-electron chi connectivity index (χ0n) is 13.3. The van der Waals surface area contributed by atoms with Gasteiger partial charge in [-0.1, -0.05) is 18.2 Å². The van der Waals surface area contributed by atoms with Crippen LogP contribution in [0.25, 0.3) is 0 Å². The summed E-state index contributed by atoms with van der Waals surface area (Å²) in [5.41, 5.74) is 0.849. The van der Waals surface area contributed by atoms with Gasteiger partial charge in [0.15, 0.2) is 6.61 Å². The summed E-state index contributed by atoms with van der Waals surface area (Å²) in [6.07, 6.45) is 0.668. The fourth-order valence-electron chi connectivity index (χ4n) is 2.00. The van der Waals surface area contributed by atoms with E-state index in [-0.39, 0.29) is 23.8 Å². The molecular weight excluding hydrogens is 364 g/mol. The highest BCUT2D eigenvalue weighted by molar-refractivity contribution is 7.89. The van der Waals surface area contributed by atoms with Crippen molar-refractivity contribution in [3.8, 4) is 0 Å². The number of benzene rings is 1. The van der Waals surface area contributed by atoms with Gasteiger partial charge < -0.3 is 10.1 Å². The smallest absolute Gasteiger partial charge is 0.311 e. The van der Waals surface area contributed by atoms with Crippen molar-refractivity contribution in [3.05, 3.63) is 52.2 Å². The van der Waals surface area contributed by atoms with Crippen LogP contribution in [0.1, 0.15) is 10.4 Å². The quantitative estimate of drug-likeness (QED) is 0.657. The van der Waals surface area contributed by atoms with E-state index in [1.807, 2.05) is 17.5 Å². The molecule has 0 saturated carbocycles. The Bertz CT molecular complexity index is 815. The SMILES string of the molecule is NS(=O)(=O)c1ccc(CCNC(=O)COC(=O)Cc2cccs2)cc1. The van der Waals surface area contributed by atoms with Crippen molar-refractivity contribution >= 4 is 33.2 Å². The Morgan fingerprint density at radius 3 is 2.48 bits per heavy atom. The molecule has 134 valence electrons. The summed E-state index contributed by atoms with van der Waals surface area (Å²) in [7, 11) is -3.71. The number of nitrogens with two attached hydrogens (primary N) is 1. The van der Waals surface area contributed by atoms with Crippen LogP contribution in [0.5, 0.6) is 0 Å². The van der Waals surface area contributed by atoms with Gasteiger partial charge in [-0.3, -0.25) is 9.59 Å². The van der Waals surface area contributed by atoms with Crippen molar-refractivity contribution in [2.45, 2.75) is 17.7 Å². The van der Waals surface area contributed by atoms with E-state index >= 15 is 0 Å². The molecule has 0 saturated heterocycles. The average Bonchev–Trinajstić information content (AvgIpc) is 3.05. The summed E-state index contributed by atoms with van der Waals surface area (Å²) >= 11 is 1.45. The van der Waals surface area contributed by atoms with Gasteiger partial charge in [-0.25, -0.2) is 13.6 Å². The van der Waals surface area contributed by atoms with Crippen LogP contribution in [-0.2, 0) is 37.2 Å². The topological polar surface area (TPSA) is 116 Å². The van der Waals surface area contributed by atoms with Crippen LogP contribution in [0, 0.1) is 0 Å². The number of carbonyl (C=O) groups is 2. The Hall–Kier alpha value is -2.23. The Balaban J connectivity index is 1.67. The fourth-order valence-corrected chi connectivity index (χ4v) is 3.20. The number of thiophene rings is 1. The normalized spacial score (nSPS) is 11.1. The highest BCUT2D eigenvalue weighted by atomic mass is 32.2. The first-order chi connectivity index (χ1) is 11.8. The monoisotopic (exact) mass is 382 g/mol. The van der Waals surface area contributed by atoms with E-state index < -0.39 is 16.0 Å². The molecule has 1 heterocycles. The highest BCUT2D eigenvalue weighted by Gasteiger charge is 2.09. The third-order valence-electron chi connectivity index (χ3n) is 3.25. The number of hydrogen-bond donors (Lipinski definition) is 2. The predicted molar refractivity (Wildman–Crippen MR) is 93.5 cm³/mol. The van der Waals surface area contributed by atoms with Crippen LogP contribution in [0.3, 0.4) is 0 Å². The highest BCUT2D eigenvalue weighted by Crippen LogP contribution is 2.10. The molecule has 0 unspecified atom stereocenters. The molecule has 0 fully saturated rings. The van der Waals surface area contributed by atoms with E-state index in [1.165, 1.54) is 23.5 Å². The molecule has 1 aromatic heterocycles. The molecule has 0 radical (unpaired) electrons. The molecule has 2 rings (SSSR count). The Kier molecular flexibility index (Phi) is 6.68. The molecule has 1 amide bonds. The van der Waals surface area contributed by atoms with E-state index in [0.29, 0.717) is 13.0 Å². The third-order valence-corrected chi connectivity index (χ3v) is 5.06. The van der Waals surface area contributed by atoms with E-state index in [2.05, 4.69) is 5.32 Å². The van der Waals surface area contributed by atoms with Crippen LogP contribution >= 0.6 is 11.3 Å². The van der Waals surface area contributed by atoms with Crippen LogP contribution in [0.2, 0.25) is 0 Å². The van der Waals surface area contributed by atoms with Crippen molar-refractivity contribution in [2.24, 2.45) is 5.14 Å². The van der Waals surface area contributed by atoms with Crippen molar-refractivity contribution in [1.82, 2.24) is 5.32 Å². The molecule has 1 aromatic carbocycles. The van der Waals surface area contributed by atoms with Crippen molar-refractivity contribution in [3.63, 3.8) is 0 Å². The maximum Gasteiger partial charge on any atom is 0.311 e. The lowest BCUT2D eigenvalue weighted by Gasteiger charge is -2.07. The molecule has 0 atom stereocenters. The Morgan fingerprint density at radius 2 is 1.88 bits per heavy atom. The first kappa shape index (κ1) is 19.1. The van der Waals surface area contributed by atoms with Gasteiger partial charge in [-0.15, -0.1) is 11.3 Å². The van der Waals surface area contributed by atoms with Gasteiger partial charge in [0.25, 0.3) is 5.91 Å². The average molecular weight is 382 g/mol. The molecule has 0 aliphatic carbocycles. The zero-order chi connectivity index (χ0) is 18.3. The number of primary sulfonamides is 1. The molecule has 0 aliphatic heterocycles. The van der Waals surface area contributed by atoms with Gasteiger partial charge in [0.2, 0.25) is 10.0 Å². The summed E-state index contributed by atoms with van der Waals surface area (Å²) in [4.78, 5) is 24.1. The number of ether oxygens (including phenoxy) is 1. The Morgan fingerprint density at radius 1 is 1.16 bits per heavy atom. The summed E-state index contributed by atoms with van der Waals surface area (Å²) in [6, 6.07) is 9.76. The van der Waals surface area contributed by atoms with Crippen LogP contribution in [-0.4, -0.2) is 33.4 Å². The lowest BCUT2D eigenvalue weighted by atomic mass is 10.1. The lowest BCUT2D eigenvalue weighted by molar-refractivity contribution is -0.147. The van der Waals surface area contributed by atoms with Gasteiger partial charge in [0.1, 0.15) is 0 Å². The number of hydrogen-bond acceptors (Lipinski definition) is 6. The van der Waals surface area contributed by atoms with Gasteiger partial charge in [-0.05, 0) is 35.6 Å². The molecule has 2 aromatic rings. The van der Waals surface area contributed by atoms with Gasteiger partial charge in [0, 0.05) is 11.4 Å². The third kappa shape index (κ3) is 6.65. The second-order valence-corrected chi connectivity index (χ2v) is 7.80. The van der Waals surface area contributed by atoms with E-state index in [0.717, 1.165) is 10.4 Å². The maximum absolute atomic E-state index is 11.6. The lowest BCUT2D eigenvalue weighted by Crippen LogP contribution is -2.30. The molecule has 7 nitrogen and oxygen atoms in total. The molecule has 25 heavy (non-hydrogen) atoms. The van der Waals surface area contributed by atoms with Crippen molar-refractivity contribution in [2.75, 3.05) is 13.2 Å². The van der Waals surface area contributed by atoms with Crippen LogP contribution in [0.4, 0.5) is 0 Å². The van der Waals surface area contributed by atoms with Gasteiger partial charge >= 0.3 is 5.97 Å². The second-order valence-electron chi connectivity index (χ2n) is 5.21. The van der Waals surface area contributed by atoms with Gasteiger partial charge in [-0.2, -0.15) is 0 Å². The standard InChI is InChI=1S/C16H18N2O5S2/c17-25(21,22)14-5-3-12(4-6-14)7-8-18-15(19)11-23-16(20)10-13-2-1-9-24-13/h1-6,9H,7-8,10-11H2,(H,18,19)(H2,17,21,22). The summed E-state index contributed by atoms with van der Waals surface area (Å²) in [5, 5.41) is 9.52. The summed E-state index contributed by atoms with van der Waals surface area (Å²) in [6.45, 7) is 0.0184. The molecule has 0 spiro atoms. The number of amides is 1. The first-order valence-electron chi connectivity index (χ1n) is 7.41. The number of rotatable bonds is 8. The van der Waals surface area contributed by atoms with Crippen molar-refractivity contribution < 1.29 is 22.7 Å². The second kappa shape index (κ2) is 8.75. The fraction of sp³-hybridized carbons (Fsp3) is 0.250. The summed E-state index contributed by atoms with van der Waals surface area (Å²) in [5.74, 6) is -0.836. The summed E-state index contributed by atoms with van der Waals surface area (Å²) < 4.78 is 27.2. The predicted octanol–water partition coefficient (Wildman–Crippen LogP) is 0.840.